The first-order valence-corrected chi connectivity index (χ1v) is 10.5. The van der Waals surface area contributed by atoms with E-state index in [-0.39, 0.29) is 13.2 Å². The third-order valence-electron chi connectivity index (χ3n) is 5.22. The summed E-state index contributed by atoms with van der Waals surface area (Å²) in [5.74, 6) is -0.942. The standard InChI is InChI=1S/C24H26O8/c1-15(25)29-19-13-27-23(17-9-5-3-6-10-17)31-21(19)22-20(30-16(2)26)14-28-24(32-22)18-11-7-4-8-12-18/h3-12,19-24H,13-14H2,1-2H3/t19-,20-,21-,22-,23?,24?/m1/s1. The van der Waals surface area contributed by atoms with Gasteiger partial charge in [-0.05, 0) is 0 Å². The van der Waals surface area contributed by atoms with E-state index >= 15 is 0 Å². The first-order chi connectivity index (χ1) is 15.5. The molecule has 6 atom stereocenters. The van der Waals surface area contributed by atoms with Gasteiger partial charge >= 0.3 is 11.9 Å². The number of carbonyl (C=O) groups is 2. The first-order valence-electron chi connectivity index (χ1n) is 10.5. The number of hydrogen-bond acceptors (Lipinski definition) is 8. The fourth-order valence-electron chi connectivity index (χ4n) is 3.87. The number of esters is 2. The van der Waals surface area contributed by atoms with Gasteiger partial charge in [0, 0.05) is 25.0 Å². The Morgan fingerprint density at radius 1 is 0.688 bits per heavy atom. The van der Waals surface area contributed by atoms with E-state index in [0.29, 0.717) is 0 Å². The van der Waals surface area contributed by atoms with Crippen LogP contribution in [0.15, 0.2) is 60.7 Å². The Balaban J connectivity index is 1.62. The molecule has 2 aliphatic rings. The van der Waals surface area contributed by atoms with E-state index in [1.54, 1.807) is 0 Å². The Morgan fingerprint density at radius 3 is 1.41 bits per heavy atom. The summed E-state index contributed by atoms with van der Waals surface area (Å²) in [6.45, 7) is 2.85. The summed E-state index contributed by atoms with van der Waals surface area (Å²) in [6.07, 6.45) is -4.37. The van der Waals surface area contributed by atoms with Crippen LogP contribution in [0.2, 0.25) is 0 Å². The molecule has 8 heteroatoms. The quantitative estimate of drug-likeness (QED) is 0.653. The third-order valence-corrected chi connectivity index (χ3v) is 5.22. The van der Waals surface area contributed by atoms with Crippen molar-refractivity contribution in [2.24, 2.45) is 0 Å². The summed E-state index contributed by atoms with van der Waals surface area (Å²) in [5.41, 5.74) is 1.63. The summed E-state index contributed by atoms with van der Waals surface area (Å²) in [6, 6.07) is 18.9. The van der Waals surface area contributed by atoms with Gasteiger partial charge in [-0.1, -0.05) is 60.7 Å². The Labute approximate surface area is 186 Å². The minimum absolute atomic E-state index is 0.104. The molecule has 0 saturated carbocycles. The molecule has 2 unspecified atom stereocenters. The van der Waals surface area contributed by atoms with Gasteiger partial charge in [0.1, 0.15) is 12.2 Å². The molecule has 2 fully saturated rings. The van der Waals surface area contributed by atoms with Crippen LogP contribution < -0.4 is 0 Å². The van der Waals surface area contributed by atoms with E-state index in [2.05, 4.69) is 0 Å². The number of carbonyl (C=O) groups excluding carboxylic acids is 2. The van der Waals surface area contributed by atoms with Crippen LogP contribution in [0.1, 0.15) is 37.6 Å². The molecule has 2 heterocycles. The van der Waals surface area contributed by atoms with Gasteiger partial charge in [-0.15, -0.1) is 0 Å². The lowest BCUT2D eigenvalue weighted by Crippen LogP contribution is -2.57. The van der Waals surface area contributed by atoms with Crippen LogP contribution in [0, 0.1) is 0 Å². The zero-order valence-electron chi connectivity index (χ0n) is 17.9. The highest BCUT2D eigenvalue weighted by Gasteiger charge is 2.48. The highest BCUT2D eigenvalue weighted by atomic mass is 16.7. The number of benzene rings is 2. The van der Waals surface area contributed by atoms with E-state index in [1.807, 2.05) is 60.7 Å². The van der Waals surface area contributed by atoms with Crippen molar-refractivity contribution in [3.05, 3.63) is 71.8 Å². The first kappa shape index (κ1) is 22.4. The topological polar surface area (TPSA) is 89.5 Å². The molecule has 0 radical (unpaired) electrons. The zero-order valence-corrected chi connectivity index (χ0v) is 17.9. The van der Waals surface area contributed by atoms with Gasteiger partial charge in [0.15, 0.2) is 24.8 Å². The van der Waals surface area contributed by atoms with E-state index < -0.39 is 48.9 Å². The molecule has 0 spiro atoms. The molecule has 0 aliphatic carbocycles. The second kappa shape index (κ2) is 10.2. The second-order valence-corrected chi connectivity index (χ2v) is 7.65. The smallest absolute Gasteiger partial charge is 0.303 e. The molecular weight excluding hydrogens is 416 g/mol. The average molecular weight is 442 g/mol. The zero-order chi connectivity index (χ0) is 22.5. The Hall–Kier alpha value is -2.78. The molecule has 2 aromatic carbocycles. The highest BCUT2D eigenvalue weighted by molar-refractivity contribution is 5.66. The molecule has 32 heavy (non-hydrogen) atoms. The fraction of sp³-hybridized carbons (Fsp3) is 0.417. The molecule has 2 aliphatic heterocycles. The summed E-state index contributed by atoms with van der Waals surface area (Å²) in [5, 5.41) is 0. The van der Waals surface area contributed by atoms with Gasteiger partial charge in [-0.25, -0.2) is 0 Å². The Kier molecular flexibility index (Phi) is 7.16. The molecule has 0 aromatic heterocycles. The molecule has 4 rings (SSSR count). The van der Waals surface area contributed by atoms with Crippen molar-refractivity contribution in [3.63, 3.8) is 0 Å². The van der Waals surface area contributed by atoms with Gasteiger partial charge in [-0.2, -0.15) is 0 Å². The van der Waals surface area contributed by atoms with Gasteiger partial charge in [0.2, 0.25) is 0 Å². The Morgan fingerprint density at radius 2 is 1.06 bits per heavy atom. The lowest BCUT2D eigenvalue weighted by Gasteiger charge is -2.44. The van der Waals surface area contributed by atoms with Gasteiger partial charge in [0.25, 0.3) is 0 Å². The lowest BCUT2D eigenvalue weighted by molar-refractivity contribution is -0.333. The van der Waals surface area contributed by atoms with Crippen molar-refractivity contribution in [2.45, 2.75) is 50.8 Å². The van der Waals surface area contributed by atoms with Crippen molar-refractivity contribution in [3.8, 4) is 0 Å². The SMILES string of the molecule is CC(=O)O[C@@H]1COC(c2ccccc2)O[C@H]1[C@@H]1OC(c2ccccc2)OC[C@H]1OC(C)=O. The van der Waals surface area contributed by atoms with Crippen molar-refractivity contribution in [2.75, 3.05) is 13.2 Å². The molecule has 0 bridgehead atoms. The maximum atomic E-state index is 11.8. The summed E-state index contributed by atoms with van der Waals surface area (Å²) < 4.78 is 35.1. The fourth-order valence-corrected chi connectivity index (χ4v) is 3.87. The average Bonchev–Trinajstić information content (AvgIpc) is 2.80. The van der Waals surface area contributed by atoms with E-state index in [4.69, 9.17) is 28.4 Å². The van der Waals surface area contributed by atoms with Crippen LogP contribution in [0.3, 0.4) is 0 Å². The number of hydrogen-bond donors (Lipinski definition) is 0. The molecule has 8 nitrogen and oxygen atoms in total. The van der Waals surface area contributed by atoms with Crippen LogP contribution in [-0.2, 0) is 38.0 Å². The highest BCUT2D eigenvalue weighted by Crippen LogP contribution is 2.36. The van der Waals surface area contributed by atoms with Crippen molar-refractivity contribution < 1.29 is 38.0 Å². The van der Waals surface area contributed by atoms with Crippen LogP contribution >= 0.6 is 0 Å². The largest absolute Gasteiger partial charge is 0.457 e. The maximum Gasteiger partial charge on any atom is 0.303 e. The minimum atomic E-state index is -0.752. The third kappa shape index (κ3) is 5.34. The summed E-state index contributed by atoms with van der Waals surface area (Å²) >= 11 is 0. The maximum absolute atomic E-state index is 11.8. The molecular formula is C24H26O8. The second-order valence-electron chi connectivity index (χ2n) is 7.65. The van der Waals surface area contributed by atoms with Crippen molar-refractivity contribution >= 4 is 11.9 Å². The van der Waals surface area contributed by atoms with E-state index in [0.717, 1.165) is 11.1 Å². The normalized spacial score (nSPS) is 30.3. The molecule has 2 aromatic rings. The predicted octanol–water partition coefficient (Wildman–Crippen LogP) is 3.08. The lowest BCUT2D eigenvalue weighted by atomic mass is 10.00. The number of ether oxygens (including phenoxy) is 6. The van der Waals surface area contributed by atoms with E-state index in [9.17, 15) is 9.59 Å². The number of rotatable bonds is 5. The van der Waals surface area contributed by atoms with Crippen LogP contribution in [0.4, 0.5) is 0 Å². The summed E-state index contributed by atoms with van der Waals surface area (Å²) in [7, 11) is 0. The van der Waals surface area contributed by atoms with Gasteiger partial charge < -0.3 is 28.4 Å². The van der Waals surface area contributed by atoms with Crippen LogP contribution in [0.5, 0.6) is 0 Å². The van der Waals surface area contributed by atoms with Crippen molar-refractivity contribution in [1.82, 2.24) is 0 Å². The van der Waals surface area contributed by atoms with Gasteiger partial charge in [-0.3, -0.25) is 9.59 Å². The monoisotopic (exact) mass is 442 g/mol. The predicted molar refractivity (Wildman–Crippen MR) is 111 cm³/mol. The molecule has 0 N–H and O–H groups in total. The van der Waals surface area contributed by atoms with E-state index in [1.165, 1.54) is 13.8 Å². The van der Waals surface area contributed by atoms with Crippen LogP contribution in [0.25, 0.3) is 0 Å². The molecule has 170 valence electrons. The van der Waals surface area contributed by atoms with Crippen molar-refractivity contribution in [1.29, 1.82) is 0 Å². The summed E-state index contributed by atoms with van der Waals surface area (Å²) in [4.78, 5) is 23.5. The Bertz CT molecular complexity index is 827. The van der Waals surface area contributed by atoms with Gasteiger partial charge in [0.05, 0.1) is 13.2 Å². The molecule has 0 amide bonds. The molecule has 2 saturated heterocycles. The minimum Gasteiger partial charge on any atom is -0.457 e. The van der Waals surface area contributed by atoms with Crippen LogP contribution in [-0.4, -0.2) is 49.6 Å².